The van der Waals surface area contributed by atoms with Gasteiger partial charge in [-0.05, 0) is 59.6 Å². The molecule has 8 rings (SSSR count). The number of ether oxygens (including phenoxy) is 11. The van der Waals surface area contributed by atoms with Gasteiger partial charge < -0.3 is 67.4 Å². The van der Waals surface area contributed by atoms with Crippen LogP contribution in [-0.2, 0) is 79.7 Å². The van der Waals surface area contributed by atoms with Crippen molar-refractivity contribution in [2.75, 3.05) is 27.0 Å². The Bertz CT molecular complexity index is 1880. The lowest BCUT2D eigenvalue weighted by Gasteiger charge is -2.22. The summed E-state index contributed by atoms with van der Waals surface area (Å²) in [5, 5.41) is 28.4. The number of hydrogen-bond acceptors (Lipinski definition) is 17. The lowest BCUT2D eigenvalue weighted by Crippen LogP contribution is -2.33. The molecule has 0 unspecified atom stereocenters. The SMILES string of the molecule is CC1(C)OC[C@@H]([C@H]2OC(=O)C(O)=C2O)O1.CC1(C)OC[C@@H]([C@H]2OC(=O)C(O)=C2OCc2ccccc2)O1.CC1=C(OCc2ccccc2)[C@@H]([C@@H]2COC(C)(C)O2)OC1=O.[2H]CF. The average Bonchev–Trinajstić information content (AvgIpc) is 4.06. The molecule has 3 N–H and O–H groups in total. The molecule has 61 heavy (non-hydrogen) atoms. The van der Waals surface area contributed by atoms with E-state index in [1.807, 2.05) is 74.5 Å². The van der Waals surface area contributed by atoms with Crippen molar-refractivity contribution in [1.82, 2.24) is 0 Å². The molecule has 2 aromatic rings. The van der Waals surface area contributed by atoms with Gasteiger partial charge in [0, 0.05) is 0 Å². The van der Waals surface area contributed by atoms with E-state index in [4.69, 9.17) is 58.6 Å². The number of carbonyl (C=O) groups is 3. The fraction of sp³-hybridized carbons (Fsp3) is 0.512. The lowest BCUT2D eigenvalue weighted by atomic mass is 10.1. The second-order valence-electron chi connectivity index (χ2n) is 15.6. The minimum atomic E-state index is -1.00. The van der Waals surface area contributed by atoms with Crippen molar-refractivity contribution in [3.05, 3.63) is 106 Å². The van der Waals surface area contributed by atoms with Gasteiger partial charge in [0.05, 0.1) is 33.9 Å². The molecule has 0 aromatic heterocycles. The average molecular weight is 862 g/mol. The number of aliphatic hydroxyl groups excluding tert-OH is 3. The minimum absolute atomic E-state index is 0.0974. The number of benzene rings is 2. The summed E-state index contributed by atoms with van der Waals surface area (Å²) >= 11 is 0. The Balaban J connectivity index is 0.000000173. The smallest absolute Gasteiger partial charge is 0.378 e. The second-order valence-corrected chi connectivity index (χ2v) is 15.6. The molecule has 6 heterocycles. The number of carbonyl (C=O) groups excluding carboxylic acids is 3. The van der Waals surface area contributed by atoms with Crippen LogP contribution in [0.4, 0.5) is 4.39 Å². The van der Waals surface area contributed by atoms with Crippen LogP contribution in [0.3, 0.4) is 0 Å². The highest BCUT2D eigenvalue weighted by molar-refractivity contribution is 5.91. The molecule has 2 aromatic carbocycles. The highest BCUT2D eigenvalue weighted by Gasteiger charge is 2.49. The number of alkyl halides is 1. The Hall–Kier alpha value is -5.24. The van der Waals surface area contributed by atoms with Crippen LogP contribution >= 0.6 is 0 Å². The van der Waals surface area contributed by atoms with E-state index in [0.717, 1.165) is 11.1 Å². The Labute approximate surface area is 353 Å². The summed E-state index contributed by atoms with van der Waals surface area (Å²) < 4.78 is 75.5. The van der Waals surface area contributed by atoms with Crippen LogP contribution in [0.1, 0.15) is 61.0 Å². The van der Waals surface area contributed by atoms with Gasteiger partial charge in [0.15, 0.2) is 53.0 Å². The highest BCUT2D eigenvalue weighted by atomic mass is 19.1. The molecule has 0 amide bonds. The van der Waals surface area contributed by atoms with E-state index in [9.17, 15) is 29.0 Å². The first-order chi connectivity index (χ1) is 29.2. The van der Waals surface area contributed by atoms with Crippen LogP contribution < -0.4 is 0 Å². The van der Waals surface area contributed by atoms with Crippen molar-refractivity contribution in [3.63, 3.8) is 0 Å². The molecule has 6 aliphatic rings. The summed E-state index contributed by atoms with van der Waals surface area (Å²) in [4.78, 5) is 34.4. The molecule has 334 valence electrons. The van der Waals surface area contributed by atoms with Crippen molar-refractivity contribution < 1.29 is 87.6 Å². The van der Waals surface area contributed by atoms with E-state index >= 15 is 0 Å². The van der Waals surface area contributed by atoms with Crippen molar-refractivity contribution >= 4 is 17.9 Å². The molecule has 17 nitrogen and oxygen atoms in total. The van der Waals surface area contributed by atoms with Gasteiger partial charge in [-0.1, -0.05) is 60.7 Å². The summed E-state index contributed by atoms with van der Waals surface area (Å²) in [6.45, 7) is 13.8. The maximum absolute atomic E-state index is 11.9. The molecule has 3 saturated heterocycles. The normalized spacial score (nSPS) is 28.4. The summed E-state index contributed by atoms with van der Waals surface area (Å²) in [5.74, 6) is -5.41. The molecule has 0 aliphatic carbocycles. The van der Waals surface area contributed by atoms with Crippen molar-refractivity contribution in [3.8, 4) is 0 Å². The number of halogens is 1. The summed E-state index contributed by atoms with van der Waals surface area (Å²) in [6.07, 6.45) is -3.75. The molecular formula is C43H53FO17. The van der Waals surface area contributed by atoms with Gasteiger partial charge in [-0.25, -0.2) is 14.4 Å². The third-order valence-electron chi connectivity index (χ3n) is 9.61. The van der Waals surface area contributed by atoms with Gasteiger partial charge in [0.1, 0.15) is 31.5 Å². The topological polar surface area (TPSA) is 213 Å². The predicted molar refractivity (Wildman–Crippen MR) is 208 cm³/mol. The van der Waals surface area contributed by atoms with Gasteiger partial charge in [0.2, 0.25) is 11.5 Å². The first kappa shape index (κ1) is 45.3. The maximum Gasteiger partial charge on any atom is 0.378 e. The molecule has 3 fully saturated rings. The Morgan fingerprint density at radius 2 is 0.967 bits per heavy atom. The zero-order valence-electron chi connectivity index (χ0n) is 35.9. The van der Waals surface area contributed by atoms with Gasteiger partial charge in [0.25, 0.3) is 0 Å². The molecule has 0 spiro atoms. The zero-order chi connectivity index (χ0) is 45.4. The number of rotatable bonds is 9. The van der Waals surface area contributed by atoms with E-state index in [1.165, 1.54) is 0 Å². The van der Waals surface area contributed by atoms with E-state index in [0.29, 0.717) is 24.5 Å². The van der Waals surface area contributed by atoms with Crippen LogP contribution in [0.25, 0.3) is 0 Å². The van der Waals surface area contributed by atoms with Gasteiger partial charge >= 0.3 is 17.9 Å². The van der Waals surface area contributed by atoms with Crippen LogP contribution in [0, 0.1) is 0 Å². The lowest BCUT2D eigenvalue weighted by molar-refractivity contribution is -0.163. The minimum Gasteiger partial charge on any atom is -0.505 e. The Morgan fingerprint density at radius 1 is 0.607 bits per heavy atom. The fourth-order valence-corrected chi connectivity index (χ4v) is 6.64. The van der Waals surface area contributed by atoms with Crippen LogP contribution in [0.5, 0.6) is 0 Å². The monoisotopic (exact) mass is 861 g/mol. The Morgan fingerprint density at radius 3 is 1.36 bits per heavy atom. The third-order valence-corrected chi connectivity index (χ3v) is 9.61. The van der Waals surface area contributed by atoms with Crippen molar-refractivity contribution in [2.24, 2.45) is 0 Å². The summed E-state index contributed by atoms with van der Waals surface area (Å²) in [5.41, 5.74) is 2.45. The molecule has 0 bridgehead atoms. The number of aliphatic hydroxyl groups is 3. The van der Waals surface area contributed by atoms with Crippen LogP contribution in [0.15, 0.2) is 95.0 Å². The molecule has 6 atom stereocenters. The van der Waals surface area contributed by atoms with Gasteiger partial charge in [-0.3, -0.25) is 4.39 Å². The zero-order valence-corrected chi connectivity index (χ0v) is 34.9. The van der Waals surface area contributed by atoms with Crippen LogP contribution in [0.2, 0.25) is 0 Å². The summed E-state index contributed by atoms with van der Waals surface area (Å²) in [7, 11) is -1.00. The second kappa shape index (κ2) is 19.6. The fourth-order valence-electron chi connectivity index (χ4n) is 6.64. The van der Waals surface area contributed by atoms with Gasteiger partial charge in [-0.2, -0.15) is 0 Å². The first-order valence-electron chi connectivity index (χ1n) is 20.0. The van der Waals surface area contributed by atoms with E-state index in [2.05, 4.69) is 0 Å². The molecule has 0 saturated carbocycles. The number of esters is 3. The van der Waals surface area contributed by atoms with E-state index in [-0.39, 0.29) is 37.7 Å². The molecular weight excluding hydrogens is 807 g/mol. The molecule has 6 aliphatic heterocycles. The van der Waals surface area contributed by atoms with Crippen molar-refractivity contribution in [1.29, 1.82) is 0 Å². The van der Waals surface area contributed by atoms with E-state index < -0.39 is 84.3 Å². The third kappa shape index (κ3) is 11.8. The standard InChI is InChI=1S/C17H20O5.C16H18O6.C9H12O6.CH3F/c1-11-14(19-9-12-7-5-4-6-8-12)15(21-16(11)18)13-10-20-17(2,3)22-13;1-16(2)20-9-11(22-16)13-14(12(17)15(18)21-13)19-8-10-6-4-3-5-7-10;1-9(2)13-3-4(15-9)7-5(10)6(11)8(12)14-7;1-2/h4-8,13,15H,9-10H2,1-3H3;3-7,11,13,17H,8-9H2,1-2H3;4,7,10-11H,3H2,1-2H3;1H3/t13-,15+;11-,13+;4-,7+;/m000./s1/i;;;1D. The maximum atomic E-state index is 11.9. The van der Waals surface area contributed by atoms with Gasteiger partial charge in [-0.15, -0.1) is 0 Å². The molecule has 0 radical (unpaired) electrons. The molecule has 18 heteroatoms. The Kier molecular flexibility index (Phi) is 14.6. The highest BCUT2D eigenvalue weighted by Crippen LogP contribution is 2.36. The first-order valence-corrected chi connectivity index (χ1v) is 19.3. The van der Waals surface area contributed by atoms with E-state index in [1.54, 1.807) is 34.6 Å². The number of cyclic esters (lactones) is 3. The number of hydrogen-bond donors (Lipinski definition) is 3. The van der Waals surface area contributed by atoms with Crippen molar-refractivity contribution in [2.45, 2.75) is 116 Å². The largest absolute Gasteiger partial charge is 0.505 e. The quantitative estimate of drug-likeness (QED) is 0.207. The summed E-state index contributed by atoms with van der Waals surface area (Å²) in [6, 6.07) is 19.2. The van der Waals surface area contributed by atoms with Crippen LogP contribution in [-0.4, -0.2) is 114 Å². The predicted octanol–water partition coefficient (Wildman–Crippen LogP) is 5.58.